The highest BCUT2D eigenvalue weighted by Gasteiger charge is 2.23. The van der Waals surface area contributed by atoms with Gasteiger partial charge in [-0.25, -0.2) is 0 Å². The van der Waals surface area contributed by atoms with E-state index in [2.05, 4.69) is 30.8 Å². The normalized spacial score (nSPS) is 11.6. The molecule has 6 nitrogen and oxygen atoms in total. The summed E-state index contributed by atoms with van der Waals surface area (Å²) in [5, 5.41) is 15.4. The number of anilines is 1. The van der Waals surface area contributed by atoms with E-state index >= 15 is 0 Å². The molecule has 0 radical (unpaired) electrons. The summed E-state index contributed by atoms with van der Waals surface area (Å²) in [5.74, 6) is 0. The van der Waals surface area contributed by atoms with Gasteiger partial charge in [-0.15, -0.1) is 0 Å². The van der Waals surface area contributed by atoms with Crippen LogP contribution in [0, 0.1) is 13.8 Å². The number of halogens is 1. The maximum absolute atomic E-state index is 12.3. The molecular formula is C12H14BrN3O3S. The molecule has 1 heterocycles. The van der Waals surface area contributed by atoms with Gasteiger partial charge in [-0.1, -0.05) is 22.0 Å². The minimum atomic E-state index is -3.84. The Morgan fingerprint density at radius 2 is 2.10 bits per heavy atom. The van der Waals surface area contributed by atoms with E-state index in [1.807, 2.05) is 6.92 Å². The minimum Gasteiger partial charge on any atom is -0.392 e. The molecule has 0 saturated carbocycles. The number of aliphatic hydroxyl groups is 1. The van der Waals surface area contributed by atoms with Gasteiger partial charge in [0.2, 0.25) is 5.03 Å². The topological polar surface area (TPSA) is 95.1 Å². The van der Waals surface area contributed by atoms with Crippen molar-refractivity contribution in [2.24, 2.45) is 0 Å². The van der Waals surface area contributed by atoms with Crippen LogP contribution in [0.4, 0.5) is 5.69 Å². The van der Waals surface area contributed by atoms with E-state index in [9.17, 15) is 13.5 Å². The minimum absolute atomic E-state index is 0.186. The zero-order valence-corrected chi connectivity index (χ0v) is 13.3. The first-order chi connectivity index (χ1) is 9.35. The van der Waals surface area contributed by atoms with Crippen LogP contribution in [0.5, 0.6) is 0 Å². The number of sulfonamides is 1. The Hall–Kier alpha value is -1.38. The number of hydrogen-bond donors (Lipinski definition) is 3. The Labute approximate surface area is 125 Å². The van der Waals surface area contributed by atoms with Crippen LogP contribution in [0.2, 0.25) is 0 Å². The Morgan fingerprint density at radius 3 is 2.70 bits per heavy atom. The lowest BCUT2D eigenvalue weighted by atomic mass is 10.2. The third-order valence-corrected chi connectivity index (χ3v) is 5.08. The van der Waals surface area contributed by atoms with Gasteiger partial charge in [0, 0.05) is 15.7 Å². The van der Waals surface area contributed by atoms with E-state index in [4.69, 9.17) is 0 Å². The van der Waals surface area contributed by atoms with Crippen molar-refractivity contribution in [1.29, 1.82) is 0 Å². The molecule has 2 aromatic rings. The zero-order valence-electron chi connectivity index (χ0n) is 10.9. The van der Waals surface area contributed by atoms with Crippen molar-refractivity contribution in [3.63, 3.8) is 0 Å². The Kier molecular flexibility index (Phi) is 4.17. The molecule has 1 aromatic carbocycles. The highest BCUT2D eigenvalue weighted by molar-refractivity contribution is 9.10. The average molecular weight is 360 g/mol. The smallest absolute Gasteiger partial charge is 0.281 e. The van der Waals surface area contributed by atoms with Crippen LogP contribution in [-0.4, -0.2) is 23.7 Å². The van der Waals surface area contributed by atoms with Gasteiger partial charge in [0.15, 0.2) is 0 Å². The van der Waals surface area contributed by atoms with E-state index in [1.54, 1.807) is 25.1 Å². The number of rotatable bonds is 4. The Bertz CT molecular complexity index is 740. The highest BCUT2D eigenvalue weighted by Crippen LogP contribution is 2.24. The van der Waals surface area contributed by atoms with Crippen molar-refractivity contribution in [2.45, 2.75) is 25.5 Å². The molecule has 0 aliphatic rings. The number of hydrogen-bond acceptors (Lipinski definition) is 4. The lowest BCUT2D eigenvalue weighted by Crippen LogP contribution is -2.15. The fraction of sp³-hybridized carbons (Fsp3) is 0.250. The van der Waals surface area contributed by atoms with Gasteiger partial charge in [0.1, 0.15) is 0 Å². The third kappa shape index (κ3) is 2.87. The molecule has 3 N–H and O–H groups in total. The molecule has 20 heavy (non-hydrogen) atoms. The van der Waals surface area contributed by atoms with Crippen molar-refractivity contribution in [2.75, 3.05) is 4.72 Å². The molecule has 1 aromatic heterocycles. The average Bonchev–Trinajstić information content (AvgIpc) is 2.75. The lowest BCUT2D eigenvalue weighted by molar-refractivity contribution is 0.277. The standard InChI is InChI=1S/C12H14BrN3O3S/c1-7-3-4-9(5-11(7)13)16-20(18,19)12-10(6-17)8(2)14-15-12/h3-5,16-17H,6H2,1-2H3,(H,14,15). The van der Waals surface area contributed by atoms with Crippen molar-refractivity contribution < 1.29 is 13.5 Å². The van der Waals surface area contributed by atoms with E-state index in [0.29, 0.717) is 11.4 Å². The highest BCUT2D eigenvalue weighted by atomic mass is 79.9. The van der Waals surface area contributed by atoms with E-state index < -0.39 is 16.6 Å². The summed E-state index contributed by atoms with van der Waals surface area (Å²) in [5.41, 5.74) is 2.22. The van der Waals surface area contributed by atoms with Crippen LogP contribution < -0.4 is 4.72 Å². The summed E-state index contributed by atoms with van der Waals surface area (Å²) in [7, 11) is -3.84. The molecule has 0 unspecified atom stereocenters. The van der Waals surface area contributed by atoms with Gasteiger partial charge in [-0.3, -0.25) is 9.82 Å². The van der Waals surface area contributed by atoms with E-state index in [1.165, 1.54) is 0 Å². The number of H-pyrrole nitrogens is 1. The predicted molar refractivity (Wildman–Crippen MR) is 78.9 cm³/mol. The molecule has 0 spiro atoms. The van der Waals surface area contributed by atoms with Crippen LogP contribution in [0.3, 0.4) is 0 Å². The molecule has 0 aliphatic heterocycles. The lowest BCUT2D eigenvalue weighted by Gasteiger charge is -2.08. The molecule has 0 amide bonds. The van der Waals surface area contributed by atoms with Crippen LogP contribution in [0.25, 0.3) is 0 Å². The number of aliphatic hydroxyl groups excluding tert-OH is 1. The quantitative estimate of drug-likeness (QED) is 0.778. The molecule has 0 bridgehead atoms. The molecule has 0 saturated heterocycles. The van der Waals surface area contributed by atoms with Gasteiger partial charge in [0.25, 0.3) is 10.0 Å². The first-order valence-corrected chi connectivity index (χ1v) is 8.06. The second-order valence-corrected chi connectivity index (χ2v) is 6.81. The maximum Gasteiger partial charge on any atom is 0.281 e. The van der Waals surface area contributed by atoms with Crippen molar-refractivity contribution in [3.8, 4) is 0 Å². The monoisotopic (exact) mass is 359 g/mol. The molecule has 0 atom stereocenters. The summed E-state index contributed by atoms with van der Waals surface area (Å²) in [6, 6.07) is 5.13. The number of aromatic nitrogens is 2. The van der Waals surface area contributed by atoms with Crippen molar-refractivity contribution in [3.05, 3.63) is 39.5 Å². The predicted octanol–water partition coefficient (Wildman–Crippen LogP) is 2.08. The number of aromatic amines is 1. The van der Waals surface area contributed by atoms with Crippen molar-refractivity contribution >= 4 is 31.6 Å². The van der Waals surface area contributed by atoms with Crippen LogP contribution >= 0.6 is 15.9 Å². The molecule has 2 rings (SSSR count). The molecule has 0 fully saturated rings. The van der Waals surface area contributed by atoms with Gasteiger partial charge in [-0.05, 0) is 31.5 Å². The number of nitrogens with one attached hydrogen (secondary N) is 2. The fourth-order valence-corrected chi connectivity index (χ4v) is 3.32. The van der Waals surface area contributed by atoms with Crippen LogP contribution in [0.15, 0.2) is 27.7 Å². The number of aryl methyl sites for hydroxylation is 2. The number of benzene rings is 1. The van der Waals surface area contributed by atoms with Crippen LogP contribution in [-0.2, 0) is 16.6 Å². The third-order valence-electron chi connectivity index (χ3n) is 2.87. The zero-order chi connectivity index (χ0) is 14.9. The Balaban J connectivity index is 2.38. The summed E-state index contributed by atoms with van der Waals surface area (Å²) in [6.07, 6.45) is 0. The summed E-state index contributed by atoms with van der Waals surface area (Å²) in [6.45, 7) is 3.17. The van der Waals surface area contributed by atoms with Gasteiger partial charge < -0.3 is 5.11 Å². The van der Waals surface area contributed by atoms with Crippen LogP contribution in [0.1, 0.15) is 16.8 Å². The first kappa shape index (κ1) is 15.0. The maximum atomic E-state index is 12.3. The SMILES string of the molecule is Cc1ccc(NS(=O)(=O)c2n[nH]c(C)c2CO)cc1Br. The van der Waals surface area contributed by atoms with Gasteiger partial charge in [-0.2, -0.15) is 13.5 Å². The summed E-state index contributed by atoms with van der Waals surface area (Å²) < 4.78 is 27.8. The van der Waals surface area contributed by atoms with Gasteiger partial charge >= 0.3 is 0 Å². The Morgan fingerprint density at radius 1 is 1.40 bits per heavy atom. The summed E-state index contributed by atoms with van der Waals surface area (Å²) in [4.78, 5) is 0. The molecule has 0 aliphatic carbocycles. The number of nitrogens with zero attached hydrogens (tertiary/aromatic N) is 1. The fourth-order valence-electron chi connectivity index (χ4n) is 1.70. The molecule has 8 heteroatoms. The summed E-state index contributed by atoms with van der Waals surface area (Å²) >= 11 is 3.35. The second kappa shape index (κ2) is 5.55. The molecule has 108 valence electrons. The second-order valence-electron chi connectivity index (χ2n) is 4.36. The van der Waals surface area contributed by atoms with E-state index in [0.717, 1.165) is 10.0 Å². The van der Waals surface area contributed by atoms with Crippen molar-refractivity contribution in [1.82, 2.24) is 10.2 Å². The molecular weight excluding hydrogens is 346 g/mol. The van der Waals surface area contributed by atoms with E-state index in [-0.39, 0.29) is 10.6 Å². The first-order valence-electron chi connectivity index (χ1n) is 5.79. The largest absolute Gasteiger partial charge is 0.392 e. The van der Waals surface area contributed by atoms with Gasteiger partial charge in [0.05, 0.1) is 12.3 Å².